The van der Waals surface area contributed by atoms with Crippen LogP contribution in [0.25, 0.3) is 0 Å². The van der Waals surface area contributed by atoms with Crippen LogP contribution >= 0.6 is 0 Å². The van der Waals surface area contributed by atoms with Crippen molar-refractivity contribution >= 4 is 12.1 Å². The molecule has 0 aromatic rings. The summed E-state index contributed by atoms with van der Waals surface area (Å²) in [6, 6.07) is 0.0124. The smallest absolute Gasteiger partial charge is 0.411 e. The highest BCUT2D eigenvalue weighted by atomic mass is 16.6. The molecule has 1 heterocycles. The number of amides is 1. The maximum absolute atomic E-state index is 12.4. The molecule has 1 amide bonds. The molecule has 0 aromatic heterocycles. The first-order valence-corrected chi connectivity index (χ1v) is 6.81. The van der Waals surface area contributed by atoms with Gasteiger partial charge in [0.1, 0.15) is 11.1 Å². The van der Waals surface area contributed by atoms with E-state index >= 15 is 0 Å². The van der Waals surface area contributed by atoms with E-state index in [-0.39, 0.29) is 11.5 Å². The minimum Gasteiger partial charge on any atom is -0.479 e. The summed E-state index contributed by atoms with van der Waals surface area (Å²) < 4.78 is 5.39. The number of aliphatic carboxylic acids is 1. The van der Waals surface area contributed by atoms with Crippen molar-refractivity contribution in [2.75, 3.05) is 0 Å². The first-order valence-electron chi connectivity index (χ1n) is 6.81. The first-order chi connectivity index (χ1) is 8.56. The fraction of sp³-hybridized carbons (Fsp3) is 0.857. The van der Waals surface area contributed by atoms with Crippen LogP contribution in [0.1, 0.15) is 53.9 Å². The number of nitrogens with zero attached hydrogens (tertiary/aromatic N) is 1. The summed E-state index contributed by atoms with van der Waals surface area (Å²) in [5.41, 5.74) is -1.76. The molecule has 0 spiro atoms. The summed E-state index contributed by atoms with van der Waals surface area (Å²) in [6.07, 6.45) is 1.31. The van der Waals surface area contributed by atoms with E-state index in [0.29, 0.717) is 12.8 Å². The zero-order valence-electron chi connectivity index (χ0n) is 12.3. The van der Waals surface area contributed by atoms with Gasteiger partial charge in [0.05, 0.1) is 0 Å². The maximum Gasteiger partial charge on any atom is 0.411 e. The van der Waals surface area contributed by atoms with Crippen LogP contribution in [0.3, 0.4) is 0 Å². The lowest BCUT2D eigenvalue weighted by Gasteiger charge is -2.37. The van der Waals surface area contributed by atoms with Gasteiger partial charge in [-0.25, -0.2) is 9.59 Å². The van der Waals surface area contributed by atoms with Crippen molar-refractivity contribution in [2.24, 2.45) is 5.41 Å². The molecule has 5 nitrogen and oxygen atoms in total. The average Bonchev–Trinajstić information content (AvgIpc) is 2.78. The fourth-order valence-electron chi connectivity index (χ4n) is 3.27. The number of hydrogen-bond acceptors (Lipinski definition) is 3. The third kappa shape index (κ3) is 2.09. The van der Waals surface area contributed by atoms with E-state index in [4.69, 9.17) is 4.74 Å². The molecule has 2 aliphatic rings. The van der Waals surface area contributed by atoms with Gasteiger partial charge in [-0.15, -0.1) is 0 Å². The topological polar surface area (TPSA) is 66.8 Å². The van der Waals surface area contributed by atoms with Crippen LogP contribution in [0.15, 0.2) is 0 Å². The molecule has 1 N–H and O–H groups in total. The number of hydrogen-bond donors (Lipinski definition) is 1. The van der Waals surface area contributed by atoms with Gasteiger partial charge in [-0.05, 0) is 45.4 Å². The van der Waals surface area contributed by atoms with Gasteiger partial charge in [-0.2, -0.15) is 0 Å². The Kier molecular flexibility index (Phi) is 2.88. The van der Waals surface area contributed by atoms with Gasteiger partial charge in [0.25, 0.3) is 0 Å². The van der Waals surface area contributed by atoms with Crippen LogP contribution in [0.5, 0.6) is 0 Å². The summed E-state index contributed by atoms with van der Waals surface area (Å²) >= 11 is 0. The van der Waals surface area contributed by atoms with Crippen LogP contribution in [0.2, 0.25) is 0 Å². The molecule has 0 bridgehead atoms. The van der Waals surface area contributed by atoms with Gasteiger partial charge >= 0.3 is 12.1 Å². The predicted octanol–water partition coefficient (Wildman–Crippen LogP) is 2.64. The Morgan fingerprint density at radius 3 is 2.42 bits per heavy atom. The lowest BCUT2D eigenvalue weighted by Crippen LogP contribution is -2.55. The van der Waals surface area contributed by atoms with Crippen LogP contribution in [-0.4, -0.2) is 39.3 Å². The Morgan fingerprint density at radius 1 is 1.42 bits per heavy atom. The van der Waals surface area contributed by atoms with E-state index < -0.39 is 23.2 Å². The van der Waals surface area contributed by atoms with Gasteiger partial charge in [0, 0.05) is 6.04 Å². The maximum atomic E-state index is 12.4. The summed E-state index contributed by atoms with van der Waals surface area (Å²) in [5, 5.41) is 9.58. The number of rotatable bonds is 2. The molecule has 2 rings (SSSR count). The van der Waals surface area contributed by atoms with Crippen molar-refractivity contribution < 1.29 is 19.4 Å². The Morgan fingerprint density at radius 2 is 2.00 bits per heavy atom. The number of carboxylic acid groups (broad SMARTS) is 1. The van der Waals surface area contributed by atoms with E-state index in [2.05, 4.69) is 6.92 Å². The third-order valence-corrected chi connectivity index (χ3v) is 4.35. The zero-order valence-corrected chi connectivity index (χ0v) is 12.3. The van der Waals surface area contributed by atoms with Gasteiger partial charge < -0.3 is 9.84 Å². The van der Waals surface area contributed by atoms with Gasteiger partial charge in [0.15, 0.2) is 0 Å². The first kappa shape index (κ1) is 14.2. The largest absolute Gasteiger partial charge is 0.479 e. The molecule has 2 fully saturated rings. The molecule has 108 valence electrons. The van der Waals surface area contributed by atoms with Crippen LogP contribution in [0.4, 0.5) is 4.79 Å². The second kappa shape index (κ2) is 3.87. The SMILES string of the molecule is CC[C@@]1(C(=O)O)C[C@@]2(C)C[C@H]2N1C(=O)OC(C)(C)C. The van der Waals surface area contributed by atoms with Crippen molar-refractivity contribution in [1.82, 2.24) is 4.90 Å². The molecular weight excluding hydrogens is 246 g/mol. The van der Waals surface area contributed by atoms with Crippen molar-refractivity contribution in [3.05, 3.63) is 0 Å². The lowest BCUT2D eigenvalue weighted by molar-refractivity contribution is -0.151. The minimum absolute atomic E-state index is 0.0124. The third-order valence-electron chi connectivity index (χ3n) is 4.35. The lowest BCUT2D eigenvalue weighted by atomic mass is 9.86. The zero-order chi connectivity index (χ0) is 14.6. The van der Waals surface area contributed by atoms with E-state index in [9.17, 15) is 14.7 Å². The Bertz CT molecular complexity index is 428. The van der Waals surface area contributed by atoms with Crippen molar-refractivity contribution in [2.45, 2.75) is 71.1 Å². The van der Waals surface area contributed by atoms with Crippen LogP contribution in [-0.2, 0) is 9.53 Å². The number of carbonyl (C=O) groups excluding carboxylic acids is 1. The molecule has 1 aliphatic carbocycles. The molecule has 3 atom stereocenters. The molecule has 5 heteroatoms. The molecule has 1 saturated carbocycles. The van der Waals surface area contributed by atoms with Gasteiger partial charge in [-0.1, -0.05) is 13.8 Å². The Balaban J connectivity index is 2.30. The Hall–Kier alpha value is -1.26. The van der Waals surface area contributed by atoms with Gasteiger partial charge in [0.2, 0.25) is 0 Å². The summed E-state index contributed by atoms with van der Waals surface area (Å²) in [7, 11) is 0. The number of ether oxygens (including phenoxy) is 1. The number of piperidine rings is 1. The average molecular weight is 269 g/mol. The highest BCUT2D eigenvalue weighted by molar-refractivity contribution is 5.86. The van der Waals surface area contributed by atoms with E-state index in [1.807, 2.05) is 6.92 Å². The van der Waals surface area contributed by atoms with Gasteiger partial charge in [-0.3, -0.25) is 4.90 Å². The number of carbonyl (C=O) groups is 2. The van der Waals surface area contributed by atoms with Crippen LogP contribution < -0.4 is 0 Å². The highest BCUT2D eigenvalue weighted by Crippen LogP contribution is 2.63. The normalized spacial score (nSPS) is 36.9. The molecular formula is C14H23NO4. The predicted molar refractivity (Wildman–Crippen MR) is 69.9 cm³/mol. The number of carboxylic acids is 1. The van der Waals surface area contributed by atoms with E-state index in [0.717, 1.165) is 6.42 Å². The highest BCUT2D eigenvalue weighted by Gasteiger charge is 2.71. The molecule has 19 heavy (non-hydrogen) atoms. The number of fused-ring (bicyclic) bond motifs is 1. The minimum atomic E-state index is -1.10. The van der Waals surface area contributed by atoms with E-state index in [1.165, 1.54) is 4.90 Å². The molecule has 1 saturated heterocycles. The fourth-order valence-corrected chi connectivity index (χ4v) is 3.27. The summed E-state index contributed by atoms with van der Waals surface area (Å²) in [4.78, 5) is 25.5. The second-order valence-electron chi connectivity index (χ2n) is 7.09. The van der Waals surface area contributed by atoms with Crippen molar-refractivity contribution in [3.8, 4) is 0 Å². The second-order valence-corrected chi connectivity index (χ2v) is 7.09. The monoisotopic (exact) mass is 269 g/mol. The standard InChI is InChI=1S/C14H23NO4/c1-6-14(10(16)17)8-13(5)7-9(13)15(14)11(18)19-12(2,3)4/h9H,6-8H2,1-5H3,(H,16,17)/t9-,13-,14+/m1/s1. The molecule has 1 aliphatic heterocycles. The summed E-state index contributed by atoms with van der Waals surface area (Å²) in [5.74, 6) is -0.922. The number of likely N-dealkylation sites (tertiary alicyclic amines) is 1. The van der Waals surface area contributed by atoms with E-state index in [1.54, 1.807) is 20.8 Å². The summed E-state index contributed by atoms with van der Waals surface area (Å²) in [6.45, 7) is 9.25. The van der Waals surface area contributed by atoms with Crippen molar-refractivity contribution in [1.29, 1.82) is 0 Å². The Labute approximate surface area is 113 Å². The molecule has 0 radical (unpaired) electrons. The molecule has 0 unspecified atom stereocenters. The van der Waals surface area contributed by atoms with Crippen LogP contribution in [0, 0.1) is 5.41 Å². The van der Waals surface area contributed by atoms with Crippen molar-refractivity contribution in [3.63, 3.8) is 0 Å². The quantitative estimate of drug-likeness (QED) is 0.836. The molecule has 0 aromatic carbocycles.